The van der Waals surface area contributed by atoms with Crippen LogP contribution in [-0.4, -0.2) is 17.4 Å². The third kappa shape index (κ3) is 4.68. The van der Waals surface area contributed by atoms with Gasteiger partial charge in [-0.25, -0.2) is 4.98 Å². The zero-order valence-electron chi connectivity index (χ0n) is 12.4. The number of nitrogens with zero attached hydrogens (tertiary/aromatic N) is 1. The van der Waals surface area contributed by atoms with Crippen LogP contribution in [-0.2, 0) is 4.79 Å². The molecule has 1 unspecified atom stereocenters. The fourth-order valence-electron chi connectivity index (χ4n) is 1.98. The molecule has 3 N–H and O–H groups in total. The van der Waals surface area contributed by atoms with Crippen LogP contribution in [0, 0.1) is 6.92 Å². The van der Waals surface area contributed by atoms with Crippen LogP contribution in [0.15, 0.2) is 24.3 Å². The summed E-state index contributed by atoms with van der Waals surface area (Å²) in [5, 5.41) is 4.50. The largest absolute Gasteiger partial charge is 0.347 e. The quantitative estimate of drug-likeness (QED) is 0.854. The van der Waals surface area contributed by atoms with Crippen molar-refractivity contribution in [3.63, 3.8) is 0 Å². The summed E-state index contributed by atoms with van der Waals surface area (Å²) in [5.74, 6) is -0.0501. The van der Waals surface area contributed by atoms with E-state index < -0.39 is 0 Å². The van der Waals surface area contributed by atoms with E-state index >= 15 is 0 Å². The Balaban J connectivity index is 0.00000242. The Hall–Kier alpha value is -1.14. The number of hydrogen-bond acceptors (Lipinski definition) is 4. The Bertz CT molecular complexity index is 628. The monoisotopic (exact) mass is 359 g/mol. The van der Waals surface area contributed by atoms with Gasteiger partial charge in [0.15, 0.2) is 0 Å². The van der Waals surface area contributed by atoms with Gasteiger partial charge in [-0.1, -0.05) is 23.7 Å². The lowest BCUT2D eigenvalue weighted by molar-refractivity contribution is -0.121. The summed E-state index contributed by atoms with van der Waals surface area (Å²) >= 11 is 7.50. The van der Waals surface area contributed by atoms with Gasteiger partial charge in [-0.05, 0) is 26.0 Å². The first-order valence-electron chi connectivity index (χ1n) is 6.74. The Morgan fingerprint density at radius 3 is 2.64 bits per heavy atom. The van der Waals surface area contributed by atoms with Gasteiger partial charge in [0, 0.05) is 28.4 Å². The van der Waals surface area contributed by atoms with Crippen LogP contribution in [0.4, 0.5) is 0 Å². The normalized spacial score (nSPS) is 11.6. The van der Waals surface area contributed by atoms with Gasteiger partial charge in [0.2, 0.25) is 5.91 Å². The summed E-state index contributed by atoms with van der Waals surface area (Å²) in [6.07, 6.45) is 0.332. The molecule has 4 nitrogen and oxygen atoms in total. The standard InChI is InChI=1S/C15H18ClN3OS.ClH/c1-9(18-13(20)7-8-17)15-19-14(10(2)21-15)11-3-5-12(16)6-4-11;/h3-6,9H,7-8,17H2,1-2H3,(H,18,20);1H. The first-order chi connectivity index (χ1) is 10.0. The van der Waals surface area contributed by atoms with Crippen LogP contribution in [0.25, 0.3) is 11.3 Å². The van der Waals surface area contributed by atoms with E-state index in [0.717, 1.165) is 21.1 Å². The average molecular weight is 360 g/mol. The SMILES string of the molecule is Cc1sc(C(C)NC(=O)CCN)nc1-c1ccc(Cl)cc1.Cl. The molecule has 0 saturated heterocycles. The van der Waals surface area contributed by atoms with Crippen LogP contribution in [0.5, 0.6) is 0 Å². The maximum Gasteiger partial charge on any atom is 0.221 e. The van der Waals surface area contributed by atoms with Gasteiger partial charge in [0.1, 0.15) is 5.01 Å². The fraction of sp³-hybridized carbons (Fsp3) is 0.333. The zero-order chi connectivity index (χ0) is 15.4. The number of nitrogens with one attached hydrogen (secondary N) is 1. The number of aromatic nitrogens is 1. The van der Waals surface area contributed by atoms with Gasteiger partial charge in [-0.3, -0.25) is 4.79 Å². The number of benzene rings is 1. The maximum absolute atomic E-state index is 11.6. The molecule has 7 heteroatoms. The smallest absolute Gasteiger partial charge is 0.221 e. The number of thiazole rings is 1. The first-order valence-corrected chi connectivity index (χ1v) is 7.93. The van der Waals surface area contributed by atoms with Gasteiger partial charge in [0.25, 0.3) is 0 Å². The summed E-state index contributed by atoms with van der Waals surface area (Å²) in [5.41, 5.74) is 7.34. The number of nitrogens with two attached hydrogens (primary N) is 1. The molecule has 1 atom stereocenters. The van der Waals surface area contributed by atoms with E-state index in [1.54, 1.807) is 11.3 Å². The molecular weight excluding hydrogens is 341 g/mol. The van der Waals surface area contributed by atoms with E-state index in [1.165, 1.54) is 0 Å². The molecule has 1 amide bonds. The molecule has 22 heavy (non-hydrogen) atoms. The van der Waals surface area contributed by atoms with E-state index in [9.17, 15) is 4.79 Å². The van der Waals surface area contributed by atoms with Crippen molar-refractivity contribution in [1.82, 2.24) is 10.3 Å². The van der Waals surface area contributed by atoms with E-state index in [1.807, 2.05) is 38.1 Å². The van der Waals surface area contributed by atoms with Crippen molar-refractivity contribution in [2.45, 2.75) is 26.3 Å². The highest BCUT2D eigenvalue weighted by atomic mass is 35.5. The maximum atomic E-state index is 11.6. The predicted octanol–water partition coefficient (Wildman–Crippen LogP) is 3.72. The van der Waals surface area contributed by atoms with Gasteiger partial charge in [-0.2, -0.15) is 0 Å². The molecule has 1 aromatic heterocycles. The van der Waals surface area contributed by atoms with Gasteiger partial charge >= 0.3 is 0 Å². The molecule has 1 aromatic carbocycles. The molecule has 0 radical (unpaired) electrons. The molecule has 2 aromatic rings. The lowest BCUT2D eigenvalue weighted by Gasteiger charge is -2.10. The molecule has 0 aliphatic rings. The van der Waals surface area contributed by atoms with Crippen LogP contribution < -0.4 is 11.1 Å². The highest BCUT2D eigenvalue weighted by Gasteiger charge is 2.16. The molecule has 120 valence electrons. The third-order valence-electron chi connectivity index (χ3n) is 3.05. The number of rotatable bonds is 5. The number of aryl methyl sites for hydroxylation is 1. The minimum atomic E-state index is -0.117. The highest BCUT2D eigenvalue weighted by Crippen LogP contribution is 2.31. The molecular formula is C15H19Cl2N3OS. The summed E-state index contributed by atoms with van der Waals surface area (Å²) in [7, 11) is 0. The Labute approximate surface area is 145 Å². The Morgan fingerprint density at radius 1 is 1.41 bits per heavy atom. The molecule has 1 heterocycles. The van der Waals surface area contributed by atoms with Crippen LogP contribution in [0.2, 0.25) is 5.02 Å². The molecule has 2 rings (SSSR count). The molecule has 0 saturated carbocycles. The summed E-state index contributed by atoms with van der Waals surface area (Å²) in [6, 6.07) is 7.48. The summed E-state index contributed by atoms with van der Waals surface area (Å²) in [4.78, 5) is 17.4. The van der Waals surface area contributed by atoms with Crippen molar-refractivity contribution in [2.75, 3.05) is 6.54 Å². The van der Waals surface area contributed by atoms with Gasteiger partial charge in [-0.15, -0.1) is 23.7 Å². The van der Waals surface area contributed by atoms with Crippen LogP contribution in [0.1, 0.15) is 29.3 Å². The van der Waals surface area contributed by atoms with Gasteiger partial charge in [0.05, 0.1) is 11.7 Å². The number of halogens is 2. The lowest BCUT2D eigenvalue weighted by atomic mass is 10.1. The Morgan fingerprint density at radius 2 is 2.05 bits per heavy atom. The third-order valence-corrected chi connectivity index (χ3v) is 4.46. The molecule has 0 fully saturated rings. The van der Waals surface area contributed by atoms with Crippen molar-refractivity contribution in [1.29, 1.82) is 0 Å². The van der Waals surface area contributed by atoms with Crippen LogP contribution >= 0.6 is 35.3 Å². The molecule has 0 aliphatic heterocycles. The topological polar surface area (TPSA) is 68.0 Å². The van der Waals surface area contributed by atoms with Crippen molar-refractivity contribution in [3.05, 3.63) is 39.2 Å². The van der Waals surface area contributed by atoms with E-state index in [4.69, 9.17) is 17.3 Å². The number of hydrogen-bond donors (Lipinski definition) is 2. The van der Waals surface area contributed by atoms with Crippen molar-refractivity contribution in [2.24, 2.45) is 5.73 Å². The van der Waals surface area contributed by atoms with E-state index in [2.05, 4.69) is 10.3 Å². The van der Waals surface area contributed by atoms with Crippen LogP contribution in [0.3, 0.4) is 0 Å². The lowest BCUT2D eigenvalue weighted by Crippen LogP contribution is -2.28. The van der Waals surface area contributed by atoms with E-state index in [-0.39, 0.29) is 24.4 Å². The molecule has 0 aliphatic carbocycles. The number of carbonyl (C=O) groups is 1. The molecule has 0 bridgehead atoms. The summed E-state index contributed by atoms with van der Waals surface area (Å²) < 4.78 is 0. The van der Waals surface area contributed by atoms with E-state index in [0.29, 0.717) is 18.0 Å². The Kier molecular flexibility index (Phi) is 7.29. The predicted molar refractivity (Wildman–Crippen MR) is 94.8 cm³/mol. The average Bonchev–Trinajstić information content (AvgIpc) is 2.82. The van der Waals surface area contributed by atoms with Crippen molar-refractivity contribution < 1.29 is 4.79 Å². The number of carbonyl (C=O) groups excluding carboxylic acids is 1. The number of amides is 1. The summed E-state index contributed by atoms with van der Waals surface area (Å²) in [6.45, 7) is 4.31. The fourth-order valence-corrected chi connectivity index (χ4v) is 3.06. The molecule has 0 spiro atoms. The second-order valence-corrected chi connectivity index (χ2v) is 6.46. The highest BCUT2D eigenvalue weighted by molar-refractivity contribution is 7.12. The second-order valence-electron chi connectivity index (χ2n) is 4.79. The zero-order valence-corrected chi connectivity index (χ0v) is 14.8. The second kappa shape index (κ2) is 8.48. The van der Waals surface area contributed by atoms with Crippen molar-refractivity contribution in [3.8, 4) is 11.3 Å². The minimum Gasteiger partial charge on any atom is -0.347 e. The minimum absolute atomic E-state index is 0. The van der Waals surface area contributed by atoms with Crippen molar-refractivity contribution >= 4 is 41.3 Å². The van der Waals surface area contributed by atoms with Gasteiger partial charge < -0.3 is 11.1 Å². The first kappa shape index (κ1) is 18.9.